The lowest BCUT2D eigenvalue weighted by Gasteiger charge is -2.09. The lowest BCUT2D eigenvalue weighted by atomic mass is 10.2. The summed E-state index contributed by atoms with van der Waals surface area (Å²) in [5, 5.41) is 9.32. The smallest absolute Gasteiger partial charge is 0.0854 e. The van der Waals surface area contributed by atoms with Crippen LogP contribution in [0.15, 0.2) is 4.47 Å². The predicted molar refractivity (Wildman–Crippen MR) is 89.5 cm³/mol. The highest BCUT2D eigenvalue weighted by molar-refractivity contribution is 9.10. The SMILES string of the molecule is CCc1nn(Cc2c(Br)c(CC)nn2CC)c(CC)c1N. The maximum atomic E-state index is 6.20. The van der Waals surface area contributed by atoms with Crippen LogP contribution >= 0.6 is 15.9 Å². The molecule has 2 heterocycles. The summed E-state index contributed by atoms with van der Waals surface area (Å²) < 4.78 is 5.17. The Morgan fingerprint density at radius 3 is 2.05 bits per heavy atom. The third-order valence-corrected chi connectivity index (χ3v) is 4.75. The molecule has 0 aliphatic carbocycles. The van der Waals surface area contributed by atoms with Gasteiger partial charge in [0.2, 0.25) is 0 Å². The minimum absolute atomic E-state index is 0.703. The molecule has 0 bridgehead atoms. The second-order valence-corrected chi connectivity index (χ2v) is 5.84. The third kappa shape index (κ3) is 2.86. The van der Waals surface area contributed by atoms with Gasteiger partial charge in [-0.2, -0.15) is 10.2 Å². The van der Waals surface area contributed by atoms with E-state index in [0.717, 1.165) is 58.7 Å². The van der Waals surface area contributed by atoms with E-state index in [2.05, 4.69) is 53.8 Å². The first kappa shape index (κ1) is 16.1. The van der Waals surface area contributed by atoms with Gasteiger partial charge in [-0.1, -0.05) is 20.8 Å². The van der Waals surface area contributed by atoms with E-state index < -0.39 is 0 Å². The molecule has 2 aromatic rings. The van der Waals surface area contributed by atoms with Crippen LogP contribution < -0.4 is 5.73 Å². The van der Waals surface area contributed by atoms with Crippen LogP contribution in [0.5, 0.6) is 0 Å². The number of halogens is 1. The van der Waals surface area contributed by atoms with E-state index in [4.69, 9.17) is 5.73 Å². The van der Waals surface area contributed by atoms with Crippen molar-refractivity contribution < 1.29 is 0 Å². The molecule has 6 heteroatoms. The van der Waals surface area contributed by atoms with Crippen molar-refractivity contribution in [1.82, 2.24) is 19.6 Å². The Balaban J connectivity index is 2.45. The first-order valence-electron chi connectivity index (χ1n) is 7.65. The largest absolute Gasteiger partial charge is 0.396 e. The molecule has 0 fully saturated rings. The van der Waals surface area contributed by atoms with Gasteiger partial charge in [0.25, 0.3) is 0 Å². The van der Waals surface area contributed by atoms with Crippen molar-refractivity contribution in [3.05, 3.63) is 27.2 Å². The van der Waals surface area contributed by atoms with Gasteiger partial charge in [0, 0.05) is 6.54 Å². The van der Waals surface area contributed by atoms with E-state index in [1.807, 2.05) is 9.36 Å². The van der Waals surface area contributed by atoms with Crippen LogP contribution in [0.4, 0.5) is 5.69 Å². The first-order valence-corrected chi connectivity index (χ1v) is 8.44. The van der Waals surface area contributed by atoms with Gasteiger partial charge in [-0.3, -0.25) is 9.36 Å². The molecule has 0 aliphatic rings. The number of nitrogens with zero attached hydrogens (tertiary/aromatic N) is 4. The maximum absolute atomic E-state index is 6.20. The Bertz CT molecular complexity index is 627. The lowest BCUT2D eigenvalue weighted by Crippen LogP contribution is -2.12. The summed E-state index contributed by atoms with van der Waals surface area (Å²) in [6.07, 6.45) is 2.67. The molecular formula is C15H24BrN5. The van der Waals surface area contributed by atoms with E-state index in [0.29, 0.717) is 6.54 Å². The molecule has 2 N–H and O–H groups in total. The van der Waals surface area contributed by atoms with Gasteiger partial charge in [0.1, 0.15) is 0 Å². The average Bonchev–Trinajstić information content (AvgIpc) is 2.97. The second kappa shape index (κ2) is 6.64. The standard InChI is InChI=1S/C15H24BrN5/c1-5-10-14(16)13(20(8-4)18-10)9-21-12(7-3)15(17)11(6-2)19-21/h5-9,17H2,1-4H3. The zero-order valence-electron chi connectivity index (χ0n) is 13.3. The minimum atomic E-state index is 0.703. The fraction of sp³-hybridized carbons (Fsp3) is 0.600. The minimum Gasteiger partial charge on any atom is -0.396 e. The molecule has 0 saturated carbocycles. The van der Waals surface area contributed by atoms with Crippen LogP contribution in [0.3, 0.4) is 0 Å². The molecule has 2 rings (SSSR count). The number of hydrogen-bond acceptors (Lipinski definition) is 3. The van der Waals surface area contributed by atoms with E-state index in [1.54, 1.807) is 0 Å². The summed E-state index contributed by atoms with van der Waals surface area (Å²) in [6, 6.07) is 0. The summed E-state index contributed by atoms with van der Waals surface area (Å²) in [5.74, 6) is 0. The molecule has 0 radical (unpaired) electrons. The fourth-order valence-corrected chi connectivity index (χ4v) is 3.33. The lowest BCUT2D eigenvalue weighted by molar-refractivity contribution is 0.559. The number of rotatable bonds is 6. The van der Waals surface area contributed by atoms with Crippen molar-refractivity contribution in [2.45, 2.75) is 60.0 Å². The second-order valence-electron chi connectivity index (χ2n) is 5.05. The Morgan fingerprint density at radius 2 is 1.52 bits per heavy atom. The monoisotopic (exact) mass is 353 g/mol. The van der Waals surface area contributed by atoms with E-state index in [9.17, 15) is 0 Å². The van der Waals surface area contributed by atoms with Gasteiger partial charge in [-0.05, 0) is 42.1 Å². The molecule has 0 saturated heterocycles. The number of nitrogen functional groups attached to an aromatic ring is 1. The van der Waals surface area contributed by atoms with Crippen LogP contribution in [0.2, 0.25) is 0 Å². The molecule has 0 aliphatic heterocycles. The molecule has 2 aromatic heterocycles. The summed E-state index contributed by atoms with van der Waals surface area (Å²) in [7, 11) is 0. The van der Waals surface area contributed by atoms with Crippen molar-refractivity contribution in [3.8, 4) is 0 Å². The number of aryl methyl sites for hydroxylation is 3. The normalized spacial score (nSPS) is 11.3. The Hall–Kier alpha value is -1.30. The molecule has 116 valence electrons. The van der Waals surface area contributed by atoms with Crippen LogP contribution in [0, 0.1) is 0 Å². The van der Waals surface area contributed by atoms with Gasteiger partial charge in [0.05, 0.1) is 39.5 Å². The van der Waals surface area contributed by atoms with Gasteiger partial charge >= 0.3 is 0 Å². The maximum Gasteiger partial charge on any atom is 0.0854 e. The third-order valence-electron chi connectivity index (χ3n) is 3.84. The van der Waals surface area contributed by atoms with Gasteiger partial charge in [-0.15, -0.1) is 0 Å². The Labute approximate surface area is 134 Å². The van der Waals surface area contributed by atoms with Crippen LogP contribution in [-0.2, 0) is 32.4 Å². The zero-order valence-corrected chi connectivity index (χ0v) is 14.9. The predicted octanol–water partition coefficient (Wildman–Crippen LogP) is 3.18. The van der Waals surface area contributed by atoms with Crippen molar-refractivity contribution in [2.75, 3.05) is 5.73 Å². The molecule has 0 unspecified atom stereocenters. The molecule has 0 amide bonds. The Kier molecular flexibility index (Phi) is 5.08. The molecule has 0 aromatic carbocycles. The molecule has 21 heavy (non-hydrogen) atoms. The van der Waals surface area contributed by atoms with E-state index in [-0.39, 0.29) is 0 Å². The zero-order chi connectivity index (χ0) is 15.6. The van der Waals surface area contributed by atoms with Gasteiger partial charge < -0.3 is 5.73 Å². The molecule has 0 spiro atoms. The molecule has 0 atom stereocenters. The number of anilines is 1. The number of aromatic nitrogens is 4. The average molecular weight is 354 g/mol. The van der Waals surface area contributed by atoms with E-state index >= 15 is 0 Å². The first-order chi connectivity index (χ1) is 10.1. The summed E-state index contributed by atoms with van der Waals surface area (Å²) in [5.41, 5.74) is 11.4. The summed E-state index contributed by atoms with van der Waals surface area (Å²) in [4.78, 5) is 0. The van der Waals surface area contributed by atoms with Crippen molar-refractivity contribution in [1.29, 1.82) is 0 Å². The van der Waals surface area contributed by atoms with Crippen molar-refractivity contribution in [3.63, 3.8) is 0 Å². The van der Waals surface area contributed by atoms with Gasteiger partial charge in [-0.25, -0.2) is 0 Å². The number of nitrogens with two attached hydrogens (primary N) is 1. The van der Waals surface area contributed by atoms with Crippen LogP contribution in [0.25, 0.3) is 0 Å². The highest BCUT2D eigenvalue weighted by atomic mass is 79.9. The van der Waals surface area contributed by atoms with Crippen LogP contribution in [0.1, 0.15) is 50.5 Å². The highest BCUT2D eigenvalue weighted by Crippen LogP contribution is 2.25. The summed E-state index contributed by atoms with van der Waals surface area (Å²) >= 11 is 3.69. The summed E-state index contributed by atoms with van der Waals surface area (Å²) in [6.45, 7) is 9.99. The topological polar surface area (TPSA) is 61.7 Å². The highest BCUT2D eigenvalue weighted by Gasteiger charge is 2.18. The van der Waals surface area contributed by atoms with Crippen molar-refractivity contribution >= 4 is 21.6 Å². The Morgan fingerprint density at radius 1 is 0.905 bits per heavy atom. The quantitative estimate of drug-likeness (QED) is 0.867. The van der Waals surface area contributed by atoms with E-state index in [1.165, 1.54) is 0 Å². The van der Waals surface area contributed by atoms with Crippen LogP contribution in [-0.4, -0.2) is 19.6 Å². The molecular weight excluding hydrogens is 330 g/mol. The van der Waals surface area contributed by atoms with Gasteiger partial charge in [0.15, 0.2) is 0 Å². The van der Waals surface area contributed by atoms with Crippen molar-refractivity contribution in [2.24, 2.45) is 0 Å². The number of hydrogen-bond donors (Lipinski definition) is 1. The molecule has 5 nitrogen and oxygen atoms in total. The fourth-order valence-electron chi connectivity index (χ4n) is 2.64.